The van der Waals surface area contributed by atoms with Gasteiger partial charge in [0.15, 0.2) is 0 Å². The van der Waals surface area contributed by atoms with E-state index < -0.39 is 4.92 Å². The zero-order valence-corrected chi connectivity index (χ0v) is 10.7. The van der Waals surface area contributed by atoms with Crippen molar-refractivity contribution in [3.8, 4) is 0 Å². The lowest BCUT2D eigenvalue weighted by Crippen LogP contribution is -2.33. The highest BCUT2D eigenvalue weighted by Gasteiger charge is 2.17. The van der Waals surface area contributed by atoms with Gasteiger partial charge in [-0.25, -0.2) is 0 Å². The molecule has 94 valence electrons. The molecule has 0 aliphatic rings. The number of nitrogen functional groups attached to an aromatic ring is 1. The Bertz CT molecular complexity index is 418. The molecular weight excluding hydrogens is 218 g/mol. The first-order valence-electron chi connectivity index (χ1n) is 5.61. The Labute approximate surface area is 101 Å². The molecule has 0 radical (unpaired) electrons. The van der Waals surface area contributed by atoms with Gasteiger partial charge in [-0.2, -0.15) is 0 Å². The minimum Gasteiger partial charge on any atom is -0.393 e. The fraction of sp³-hybridized carbons (Fsp3) is 0.500. The summed E-state index contributed by atoms with van der Waals surface area (Å²) in [5, 5.41) is 10.7. The zero-order valence-electron chi connectivity index (χ0n) is 10.7. The van der Waals surface area contributed by atoms with Gasteiger partial charge in [-0.15, -0.1) is 0 Å². The van der Waals surface area contributed by atoms with Crippen molar-refractivity contribution in [2.75, 3.05) is 17.7 Å². The van der Waals surface area contributed by atoms with E-state index in [0.717, 1.165) is 5.69 Å². The van der Waals surface area contributed by atoms with Crippen molar-refractivity contribution in [2.24, 2.45) is 5.92 Å². The van der Waals surface area contributed by atoms with E-state index in [-0.39, 0.29) is 11.4 Å². The molecule has 0 heterocycles. The largest absolute Gasteiger partial charge is 0.393 e. The first-order valence-corrected chi connectivity index (χ1v) is 5.61. The second-order valence-electron chi connectivity index (χ2n) is 4.60. The zero-order chi connectivity index (χ0) is 13.2. The van der Waals surface area contributed by atoms with Crippen molar-refractivity contribution < 1.29 is 4.92 Å². The van der Waals surface area contributed by atoms with Gasteiger partial charge in [-0.1, -0.05) is 13.8 Å². The van der Waals surface area contributed by atoms with Crippen molar-refractivity contribution in [3.63, 3.8) is 0 Å². The molecule has 0 saturated carbocycles. The van der Waals surface area contributed by atoms with E-state index in [1.807, 2.05) is 7.05 Å². The summed E-state index contributed by atoms with van der Waals surface area (Å²) in [5.74, 6) is 0.497. The van der Waals surface area contributed by atoms with Crippen LogP contribution in [-0.4, -0.2) is 18.0 Å². The van der Waals surface area contributed by atoms with Crippen LogP contribution in [0.1, 0.15) is 20.8 Å². The first kappa shape index (κ1) is 13.3. The van der Waals surface area contributed by atoms with Gasteiger partial charge in [0.1, 0.15) is 5.69 Å². The number of nitro groups is 1. The molecule has 0 aromatic heterocycles. The summed E-state index contributed by atoms with van der Waals surface area (Å²) in [5.41, 5.74) is 6.73. The Kier molecular flexibility index (Phi) is 3.93. The maximum atomic E-state index is 10.7. The molecule has 0 spiro atoms. The van der Waals surface area contributed by atoms with Crippen LogP contribution in [0.25, 0.3) is 0 Å². The Morgan fingerprint density at radius 3 is 2.35 bits per heavy atom. The van der Waals surface area contributed by atoms with Crippen LogP contribution in [0.5, 0.6) is 0 Å². The number of rotatable bonds is 4. The molecule has 1 aromatic carbocycles. The molecule has 1 aromatic rings. The summed E-state index contributed by atoms with van der Waals surface area (Å²) in [6.45, 7) is 6.38. The second kappa shape index (κ2) is 5.03. The van der Waals surface area contributed by atoms with E-state index >= 15 is 0 Å². The Morgan fingerprint density at radius 2 is 1.94 bits per heavy atom. The molecule has 0 aliphatic heterocycles. The number of anilines is 2. The number of nitro benzene ring substituents is 1. The second-order valence-corrected chi connectivity index (χ2v) is 4.60. The predicted octanol–water partition coefficient (Wildman–Crippen LogP) is 2.66. The third-order valence-electron chi connectivity index (χ3n) is 3.19. The Morgan fingerprint density at radius 1 is 1.35 bits per heavy atom. The lowest BCUT2D eigenvalue weighted by atomic mass is 10.0. The van der Waals surface area contributed by atoms with Gasteiger partial charge in [0.05, 0.1) is 4.92 Å². The smallest absolute Gasteiger partial charge is 0.292 e. The van der Waals surface area contributed by atoms with Crippen LogP contribution in [-0.2, 0) is 0 Å². The highest BCUT2D eigenvalue weighted by molar-refractivity contribution is 5.66. The van der Waals surface area contributed by atoms with Crippen molar-refractivity contribution in [2.45, 2.75) is 26.8 Å². The molecule has 17 heavy (non-hydrogen) atoms. The van der Waals surface area contributed by atoms with E-state index in [2.05, 4.69) is 25.7 Å². The normalized spacial score (nSPS) is 12.5. The number of hydrogen-bond acceptors (Lipinski definition) is 4. The number of nitrogens with two attached hydrogens (primary N) is 1. The Hall–Kier alpha value is -1.78. The summed E-state index contributed by atoms with van der Waals surface area (Å²) in [6.07, 6.45) is 0. The van der Waals surface area contributed by atoms with Gasteiger partial charge >= 0.3 is 0 Å². The average Bonchev–Trinajstić information content (AvgIpc) is 2.26. The maximum Gasteiger partial charge on any atom is 0.292 e. The standard InChI is InChI=1S/C12H19N3O2/c1-8(2)9(3)14(4)10-5-6-12(15(16)17)11(13)7-10/h5-9H,13H2,1-4H3. The molecule has 0 bridgehead atoms. The van der Waals surface area contributed by atoms with E-state index in [9.17, 15) is 10.1 Å². The molecule has 1 atom stereocenters. The van der Waals surface area contributed by atoms with E-state index in [1.54, 1.807) is 12.1 Å². The summed E-state index contributed by atoms with van der Waals surface area (Å²) in [4.78, 5) is 12.3. The van der Waals surface area contributed by atoms with Gasteiger partial charge in [0.2, 0.25) is 0 Å². The van der Waals surface area contributed by atoms with Crippen LogP contribution in [0.4, 0.5) is 17.1 Å². The molecule has 2 N–H and O–H groups in total. The summed E-state index contributed by atoms with van der Waals surface area (Å²) in [6, 6.07) is 5.18. The molecule has 1 unspecified atom stereocenters. The lowest BCUT2D eigenvalue weighted by molar-refractivity contribution is -0.383. The molecule has 0 aliphatic carbocycles. The molecule has 5 heteroatoms. The Balaban J connectivity index is 3.01. The van der Waals surface area contributed by atoms with Crippen LogP contribution in [0, 0.1) is 16.0 Å². The van der Waals surface area contributed by atoms with Crippen molar-refractivity contribution in [1.82, 2.24) is 0 Å². The molecule has 0 saturated heterocycles. The molecule has 5 nitrogen and oxygen atoms in total. The summed E-state index contributed by atoms with van der Waals surface area (Å²) in [7, 11) is 1.96. The number of hydrogen-bond donors (Lipinski definition) is 1. The van der Waals surface area contributed by atoms with Crippen LogP contribution < -0.4 is 10.6 Å². The first-order chi connectivity index (χ1) is 7.84. The quantitative estimate of drug-likeness (QED) is 0.496. The monoisotopic (exact) mass is 237 g/mol. The van der Waals surface area contributed by atoms with Crippen LogP contribution in [0.15, 0.2) is 18.2 Å². The minimum absolute atomic E-state index is 0.0423. The van der Waals surface area contributed by atoms with Gasteiger partial charge < -0.3 is 10.6 Å². The van der Waals surface area contributed by atoms with Gasteiger partial charge in [0.25, 0.3) is 5.69 Å². The topological polar surface area (TPSA) is 72.4 Å². The fourth-order valence-electron chi connectivity index (χ4n) is 1.61. The highest BCUT2D eigenvalue weighted by atomic mass is 16.6. The van der Waals surface area contributed by atoms with Gasteiger partial charge in [-0.05, 0) is 25.0 Å². The molecule has 1 rings (SSSR count). The van der Waals surface area contributed by atoms with E-state index in [4.69, 9.17) is 5.73 Å². The van der Waals surface area contributed by atoms with E-state index in [1.165, 1.54) is 6.07 Å². The van der Waals surface area contributed by atoms with Crippen molar-refractivity contribution >= 4 is 17.1 Å². The molecule has 0 fully saturated rings. The third kappa shape index (κ3) is 2.87. The van der Waals surface area contributed by atoms with Gasteiger partial charge in [-0.3, -0.25) is 10.1 Å². The number of nitrogens with zero attached hydrogens (tertiary/aromatic N) is 2. The van der Waals surface area contributed by atoms with Crippen molar-refractivity contribution in [3.05, 3.63) is 28.3 Å². The molecule has 0 amide bonds. The predicted molar refractivity (Wildman–Crippen MR) is 70.2 cm³/mol. The summed E-state index contributed by atoms with van der Waals surface area (Å²) < 4.78 is 0. The van der Waals surface area contributed by atoms with Crippen molar-refractivity contribution in [1.29, 1.82) is 0 Å². The molecular formula is C12H19N3O2. The lowest BCUT2D eigenvalue weighted by Gasteiger charge is -2.30. The average molecular weight is 237 g/mol. The third-order valence-corrected chi connectivity index (χ3v) is 3.19. The van der Waals surface area contributed by atoms with Gasteiger partial charge in [0, 0.05) is 24.8 Å². The van der Waals surface area contributed by atoms with Crippen LogP contribution >= 0.6 is 0 Å². The number of benzene rings is 1. The minimum atomic E-state index is -0.467. The fourth-order valence-corrected chi connectivity index (χ4v) is 1.61. The van der Waals surface area contributed by atoms with Crippen LogP contribution in [0.2, 0.25) is 0 Å². The maximum absolute atomic E-state index is 10.7. The summed E-state index contributed by atoms with van der Waals surface area (Å²) >= 11 is 0. The SMILES string of the molecule is CC(C)C(C)N(C)c1ccc([N+](=O)[O-])c(N)c1. The van der Waals surface area contributed by atoms with E-state index in [0.29, 0.717) is 12.0 Å². The van der Waals surface area contributed by atoms with Crippen LogP contribution in [0.3, 0.4) is 0 Å². The highest BCUT2D eigenvalue weighted by Crippen LogP contribution is 2.28.